The maximum absolute atomic E-state index is 9.42. The van der Waals surface area contributed by atoms with E-state index in [1.165, 1.54) is 25.7 Å². The molecule has 1 aliphatic carbocycles. The Kier molecular flexibility index (Phi) is 3.63. The molecular weight excluding hydrogens is 242 g/mol. The van der Waals surface area contributed by atoms with Gasteiger partial charge in [-0.05, 0) is 46.0 Å². The van der Waals surface area contributed by atoms with E-state index in [2.05, 4.69) is 18.7 Å². The number of aliphatic hydroxyl groups is 1. The first-order chi connectivity index (χ1) is 9.02. The van der Waals surface area contributed by atoms with Gasteiger partial charge >= 0.3 is 0 Å². The van der Waals surface area contributed by atoms with Gasteiger partial charge in [0.1, 0.15) is 0 Å². The van der Waals surface area contributed by atoms with E-state index in [4.69, 9.17) is 9.47 Å². The van der Waals surface area contributed by atoms with E-state index in [9.17, 15) is 5.11 Å². The Labute approximate surface area is 116 Å². The van der Waals surface area contributed by atoms with Gasteiger partial charge in [0.05, 0.1) is 23.9 Å². The van der Waals surface area contributed by atoms with Crippen molar-refractivity contribution in [2.45, 2.75) is 69.3 Å². The lowest BCUT2D eigenvalue weighted by Gasteiger charge is -2.52. The SMILES string of the molecule is CC1(C)CN(C2CCOC3(CCC3)C2)CC(CO)O1. The minimum atomic E-state index is -0.156. The fraction of sp³-hybridized carbons (Fsp3) is 1.00. The second-order valence-electron chi connectivity index (χ2n) is 7.14. The van der Waals surface area contributed by atoms with Crippen LogP contribution in [-0.4, -0.2) is 59.7 Å². The molecule has 2 heterocycles. The molecular formula is C15H27NO3. The van der Waals surface area contributed by atoms with Gasteiger partial charge in [-0.2, -0.15) is 0 Å². The molecule has 0 bridgehead atoms. The van der Waals surface area contributed by atoms with Gasteiger partial charge in [-0.1, -0.05) is 0 Å². The average molecular weight is 269 g/mol. The van der Waals surface area contributed by atoms with Crippen LogP contribution in [0, 0.1) is 0 Å². The summed E-state index contributed by atoms with van der Waals surface area (Å²) in [5.41, 5.74) is 0.0385. The first-order valence-electron chi connectivity index (χ1n) is 7.69. The third kappa shape index (κ3) is 2.82. The Balaban J connectivity index is 1.66. The molecule has 3 fully saturated rings. The van der Waals surface area contributed by atoms with Crippen LogP contribution in [-0.2, 0) is 9.47 Å². The second-order valence-corrected chi connectivity index (χ2v) is 7.14. The first-order valence-corrected chi connectivity index (χ1v) is 7.69. The molecule has 2 saturated heterocycles. The van der Waals surface area contributed by atoms with Crippen molar-refractivity contribution < 1.29 is 14.6 Å². The highest BCUT2D eigenvalue weighted by atomic mass is 16.5. The summed E-state index contributed by atoms with van der Waals surface area (Å²) in [5.74, 6) is 0. The van der Waals surface area contributed by atoms with Gasteiger partial charge in [0, 0.05) is 25.7 Å². The highest BCUT2D eigenvalue weighted by Gasteiger charge is 2.45. The van der Waals surface area contributed by atoms with E-state index in [1.807, 2.05) is 0 Å². The van der Waals surface area contributed by atoms with Crippen LogP contribution in [0.25, 0.3) is 0 Å². The number of morpholine rings is 1. The summed E-state index contributed by atoms with van der Waals surface area (Å²) < 4.78 is 11.9. The summed E-state index contributed by atoms with van der Waals surface area (Å²) in [5, 5.41) is 9.42. The van der Waals surface area contributed by atoms with Crippen molar-refractivity contribution in [2.75, 3.05) is 26.3 Å². The zero-order chi connectivity index (χ0) is 13.5. The molecule has 0 amide bonds. The summed E-state index contributed by atoms with van der Waals surface area (Å²) >= 11 is 0. The topological polar surface area (TPSA) is 41.9 Å². The lowest BCUT2D eigenvalue weighted by Crippen LogP contribution is -2.60. The lowest BCUT2D eigenvalue weighted by molar-refractivity contribution is -0.187. The van der Waals surface area contributed by atoms with Crippen molar-refractivity contribution in [3.05, 3.63) is 0 Å². The van der Waals surface area contributed by atoms with Gasteiger partial charge in [-0.15, -0.1) is 0 Å². The normalized spacial score (nSPS) is 38.1. The van der Waals surface area contributed by atoms with Crippen LogP contribution in [0.15, 0.2) is 0 Å². The Hall–Kier alpha value is -0.160. The van der Waals surface area contributed by atoms with Gasteiger partial charge in [0.2, 0.25) is 0 Å². The van der Waals surface area contributed by atoms with Gasteiger partial charge in [-0.3, -0.25) is 4.90 Å². The van der Waals surface area contributed by atoms with Crippen molar-refractivity contribution >= 4 is 0 Å². The highest BCUT2D eigenvalue weighted by Crippen LogP contribution is 2.44. The number of hydrogen-bond donors (Lipinski definition) is 1. The van der Waals surface area contributed by atoms with E-state index in [0.717, 1.165) is 26.1 Å². The number of rotatable bonds is 2. The summed E-state index contributed by atoms with van der Waals surface area (Å²) in [4.78, 5) is 2.53. The zero-order valence-corrected chi connectivity index (χ0v) is 12.2. The smallest absolute Gasteiger partial charge is 0.0940 e. The zero-order valence-electron chi connectivity index (χ0n) is 12.2. The molecule has 2 atom stereocenters. The van der Waals surface area contributed by atoms with Crippen molar-refractivity contribution in [3.63, 3.8) is 0 Å². The molecule has 4 nitrogen and oxygen atoms in total. The van der Waals surface area contributed by atoms with Crippen LogP contribution in [0.3, 0.4) is 0 Å². The fourth-order valence-electron chi connectivity index (χ4n) is 3.95. The quantitative estimate of drug-likeness (QED) is 0.826. The molecule has 110 valence electrons. The van der Waals surface area contributed by atoms with Crippen molar-refractivity contribution in [3.8, 4) is 0 Å². The van der Waals surface area contributed by atoms with Crippen LogP contribution in [0.1, 0.15) is 46.0 Å². The molecule has 1 spiro atoms. The molecule has 0 aromatic carbocycles. The molecule has 3 aliphatic rings. The molecule has 0 radical (unpaired) electrons. The summed E-state index contributed by atoms with van der Waals surface area (Å²) in [6, 6.07) is 0.603. The van der Waals surface area contributed by atoms with Crippen LogP contribution in [0.4, 0.5) is 0 Å². The van der Waals surface area contributed by atoms with Gasteiger partial charge in [0.25, 0.3) is 0 Å². The summed E-state index contributed by atoms with van der Waals surface area (Å²) in [6.45, 7) is 7.09. The third-order valence-corrected chi connectivity index (χ3v) is 4.96. The van der Waals surface area contributed by atoms with Crippen LogP contribution in [0.2, 0.25) is 0 Å². The molecule has 0 aromatic rings. The molecule has 19 heavy (non-hydrogen) atoms. The van der Waals surface area contributed by atoms with Gasteiger partial charge < -0.3 is 14.6 Å². The molecule has 2 aliphatic heterocycles. The second kappa shape index (κ2) is 4.99. The molecule has 4 heteroatoms. The lowest BCUT2D eigenvalue weighted by atomic mass is 9.73. The van der Waals surface area contributed by atoms with Gasteiger partial charge in [0.15, 0.2) is 0 Å². The van der Waals surface area contributed by atoms with Crippen molar-refractivity contribution in [1.82, 2.24) is 4.90 Å². The van der Waals surface area contributed by atoms with Crippen molar-refractivity contribution in [1.29, 1.82) is 0 Å². The molecule has 1 saturated carbocycles. The minimum Gasteiger partial charge on any atom is -0.394 e. The van der Waals surface area contributed by atoms with Crippen molar-refractivity contribution in [2.24, 2.45) is 0 Å². The van der Waals surface area contributed by atoms with E-state index >= 15 is 0 Å². The van der Waals surface area contributed by atoms with E-state index < -0.39 is 0 Å². The van der Waals surface area contributed by atoms with E-state index in [1.54, 1.807) is 0 Å². The van der Waals surface area contributed by atoms with Crippen LogP contribution >= 0.6 is 0 Å². The first kappa shape index (κ1) is 13.8. The predicted octanol–water partition coefficient (Wildman–Crippen LogP) is 1.56. The monoisotopic (exact) mass is 269 g/mol. The summed E-state index contributed by atoms with van der Waals surface area (Å²) in [7, 11) is 0. The Bertz CT molecular complexity index is 327. The van der Waals surface area contributed by atoms with E-state index in [-0.39, 0.29) is 23.9 Å². The molecule has 3 rings (SSSR count). The number of nitrogens with zero attached hydrogens (tertiary/aromatic N) is 1. The van der Waals surface area contributed by atoms with Crippen LogP contribution in [0.5, 0.6) is 0 Å². The average Bonchev–Trinajstić information content (AvgIpc) is 2.35. The van der Waals surface area contributed by atoms with Crippen LogP contribution < -0.4 is 0 Å². The third-order valence-electron chi connectivity index (χ3n) is 4.96. The summed E-state index contributed by atoms with van der Waals surface area (Å²) in [6.07, 6.45) is 6.04. The predicted molar refractivity (Wildman–Crippen MR) is 73.2 cm³/mol. The maximum Gasteiger partial charge on any atom is 0.0940 e. The molecule has 0 aromatic heterocycles. The van der Waals surface area contributed by atoms with E-state index in [0.29, 0.717) is 6.04 Å². The molecule has 1 N–H and O–H groups in total. The van der Waals surface area contributed by atoms with Gasteiger partial charge in [-0.25, -0.2) is 0 Å². The number of aliphatic hydroxyl groups excluding tert-OH is 1. The Morgan fingerprint density at radius 1 is 1.32 bits per heavy atom. The number of ether oxygens (including phenoxy) is 2. The Morgan fingerprint density at radius 3 is 2.74 bits per heavy atom. The fourth-order valence-corrected chi connectivity index (χ4v) is 3.95. The standard InChI is InChI=1S/C15H27NO3/c1-14(2)11-16(9-13(10-17)19-14)12-4-7-18-15(8-12)5-3-6-15/h12-13,17H,3-11H2,1-2H3. The largest absolute Gasteiger partial charge is 0.394 e. The molecule has 2 unspecified atom stereocenters. The Morgan fingerprint density at radius 2 is 2.11 bits per heavy atom. The number of hydrogen-bond acceptors (Lipinski definition) is 4. The maximum atomic E-state index is 9.42. The highest BCUT2D eigenvalue weighted by molar-refractivity contribution is 4.98. The minimum absolute atomic E-state index is 0.0380.